The molecular weight excluding hydrogens is 510 g/mol. The van der Waals surface area contributed by atoms with Crippen molar-refractivity contribution in [1.82, 2.24) is 20.9 Å². The molecule has 39 heavy (non-hydrogen) atoms. The monoisotopic (exact) mass is 539 g/mol. The van der Waals surface area contributed by atoms with Crippen LogP contribution in [0.3, 0.4) is 0 Å². The van der Waals surface area contributed by atoms with Gasteiger partial charge in [-0.2, -0.15) is 0 Å². The Morgan fingerprint density at radius 1 is 0.872 bits per heavy atom. The SMILES string of the molecule is NC(Cc1c[nH]c2ccccc12)C(=O)NCC(=O)NC(Cc1ccc(O)cc1)C(=O)NC(CC(=O)O)C(=O)O. The van der Waals surface area contributed by atoms with E-state index in [0.717, 1.165) is 16.5 Å². The van der Waals surface area contributed by atoms with Gasteiger partial charge in [0.25, 0.3) is 0 Å². The number of hydrogen-bond acceptors (Lipinski definition) is 7. The number of carbonyl (C=O) groups is 5. The lowest BCUT2D eigenvalue weighted by atomic mass is 10.0. The topological polar surface area (TPSA) is 224 Å². The van der Waals surface area contributed by atoms with Crippen molar-refractivity contribution in [3.8, 4) is 5.75 Å². The van der Waals surface area contributed by atoms with E-state index >= 15 is 0 Å². The molecule has 13 heteroatoms. The molecule has 3 aromatic rings. The van der Waals surface area contributed by atoms with Crippen molar-refractivity contribution < 1.29 is 39.3 Å². The highest BCUT2D eigenvalue weighted by atomic mass is 16.4. The second-order valence-electron chi connectivity index (χ2n) is 8.88. The van der Waals surface area contributed by atoms with Gasteiger partial charge in [0.15, 0.2) is 0 Å². The van der Waals surface area contributed by atoms with Crippen molar-refractivity contribution in [2.45, 2.75) is 37.4 Å². The number of H-pyrrole nitrogens is 1. The van der Waals surface area contributed by atoms with Crippen LogP contribution in [0.4, 0.5) is 0 Å². The third-order valence-electron chi connectivity index (χ3n) is 5.90. The van der Waals surface area contributed by atoms with Crippen LogP contribution >= 0.6 is 0 Å². The molecule has 1 heterocycles. The number of aliphatic carboxylic acids is 2. The first-order valence-corrected chi connectivity index (χ1v) is 11.9. The smallest absolute Gasteiger partial charge is 0.326 e. The van der Waals surface area contributed by atoms with Gasteiger partial charge in [0.2, 0.25) is 17.7 Å². The summed E-state index contributed by atoms with van der Waals surface area (Å²) in [6.07, 6.45) is 0.992. The average Bonchev–Trinajstić information content (AvgIpc) is 3.30. The van der Waals surface area contributed by atoms with Gasteiger partial charge in [-0.1, -0.05) is 30.3 Å². The molecule has 13 nitrogen and oxygen atoms in total. The van der Waals surface area contributed by atoms with Gasteiger partial charge in [0.1, 0.15) is 17.8 Å². The number of phenolic OH excluding ortho intramolecular Hbond substituents is 1. The van der Waals surface area contributed by atoms with E-state index < -0.39 is 60.8 Å². The zero-order valence-corrected chi connectivity index (χ0v) is 20.7. The lowest BCUT2D eigenvalue weighted by Gasteiger charge is -2.21. The van der Waals surface area contributed by atoms with E-state index in [-0.39, 0.29) is 18.6 Å². The number of aromatic hydroxyl groups is 1. The lowest BCUT2D eigenvalue weighted by Crippen LogP contribution is -2.54. The number of hydrogen-bond donors (Lipinski definition) is 8. The van der Waals surface area contributed by atoms with E-state index in [1.807, 2.05) is 24.3 Å². The average molecular weight is 540 g/mol. The van der Waals surface area contributed by atoms with Gasteiger partial charge in [-0.15, -0.1) is 0 Å². The van der Waals surface area contributed by atoms with Crippen molar-refractivity contribution in [2.75, 3.05) is 6.54 Å². The van der Waals surface area contributed by atoms with Gasteiger partial charge in [-0.25, -0.2) is 4.79 Å². The summed E-state index contributed by atoms with van der Waals surface area (Å²) >= 11 is 0. The molecule has 0 spiro atoms. The van der Waals surface area contributed by atoms with Crippen LogP contribution in [0.2, 0.25) is 0 Å². The zero-order chi connectivity index (χ0) is 28.5. The molecule has 3 rings (SSSR count). The van der Waals surface area contributed by atoms with Crippen LogP contribution in [0.15, 0.2) is 54.7 Å². The number of benzene rings is 2. The van der Waals surface area contributed by atoms with E-state index in [1.54, 1.807) is 6.20 Å². The second-order valence-corrected chi connectivity index (χ2v) is 8.88. The highest BCUT2D eigenvalue weighted by Crippen LogP contribution is 2.18. The van der Waals surface area contributed by atoms with E-state index in [2.05, 4.69) is 20.9 Å². The molecule has 1 aromatic heterocycles. The summed E-state index contributed by atoms with van der Waals surface area (Å²) in [5.41, 5.74) is 8.27. The highest BCUT2D eigenvalue weighted by Gasteiger charge is 2.28. The molecule has 0 radical (unpaired) electrons. The molecule has 3 atom stereocenters. The molecular formula is C26H29N5O8. The number of nitrogens with one attached hydrogen (secondary N) is 4. The Kier molecular flexibility index (Phi) is 9.59. The molecule has 0 saturated heterocycles. The molecule has 206 valence electrons. The Hall–Kier alpha value is -4.91. The van der Waals surface area contributed by atoms with E-state index in [0.29, 0.717) is 5.56 Å². The molecule has 0 bridgehead atoms. The molecule has 3 amide bonds. The molecule has 0 aliphatic carbocycles. The third kappa shape index (κ3) is 8.30. The number of nitrogens with two attached hydrogens (primary N) is 1. The van der Waals surface area contributed by atoms with Crippen LogP contribution in [0.25, 0.3) is 10.9 Å². The van der Waals surface area contributed by atoms with Crippen molar-refractivity contribution in [3.63, 3.8) is 0 Å². The van der Waals surface area contributed by atoms with Gasteiger partial charge in [0, 0.05) is 23.5 Å². The fraction of sp³-hybridized carbons (Fsp3) is 0.269. The number of aromatic nitrogens is 1. The van der Waals surface area contributed by atoms with Gasteiger partial charge < -0.3 is 42.0 Å². The largest absolute Gasteiger partial charge is 0.508 e. The summed E-state index contributed by atoms with van der Waals surface area (Å²) in [5, 5.41) is 35.5. The maximum Gasteiger partial charge on any atom is 0.326 e. The van der Waals surface area contributed by atoms with Crippen molar-refractivity contribution >= 4 is 40.6 Å². The van der Waals surface area contributed by atoms with Gasteiger partial charge in [-0.05, 0) is 35.7 Å². The van der Waals surface area contributed by atoms with Crippen LogP contribution in [-0.2, 0) is 36.8 Å². The van der Waals surface area contributed by atoms with E-state index in [9.17, 15) is 34.2 Å². The van der Waals surface area contributed by atoms with Crippen molar-refractivity contribution in [1.29, 1.82) is 0 Å². The van der Waals surface area contributed by atoms with Crippen molar-refractivity contribution in [3.05, 3.63) is 65.9 Å². The summed E-state index contributed by atoms with van der Waals surface area (Å²) in [5.74, 6) is -5.31. The van der Waals surface area contributed by atoms with E-state index in [4.69, 9.17) is 10.8 Å². The molecule has 3 unspecified atom stereocenters. The van der Waals surface area contributed by atoms with Gasteiger partial charge in [-0.3, -0.25) is 19.2 Å². The summed E-state index contributed by atoms with van der Waals surface area (Å²) in [7, 11) is 0. The van der Waals surface area contributed by atoms with E-state index in [1.165, 1.54) is 24.3 Å². The number of fused-ring (bicyclic) bond motifs is 1. The maximum absolute atomic E-state index is 12.8. The Labute approximate surface area is 222 Å². The highest BCUT2D eigenvalue weighted by molar-refractivity contribution is 5.93. The first-order valence-electron chi connectivity index (χ1n) is 11.9. The third-order valence-corrected chi connectivity index (χ3v) is 5.90. The van der Waals surface area contributed by atoms with Crippen LogP contribution in [0, 0.1) is 0 Å². The van der Waals surface area contributed by atoms with Gasteiger partial charge >= 0.3 is 11.9 Å². The first-order chi connectivity index (χ1) is 18.5. The summed E-state index contributed by atoms with van der Waals surface area (Å²) < 4.78 is 0. The first kappa shape index (κ1) is 28.7. The lowest BCUT2D eigenvalue weighted by molar-refractivity contribution is -0.147. The van der Waals surface area contributed by atoms with Crippen LogP contribution in [0.1, 0.15) is 17.5 Å². The summed E-state index contributed by atoms with van der Waals surface area (Å²) in [6, 6.07) is 9.25. The number of carbonyl (C=O) groups excluding carboxylic acids is 3. The Bertz CT molecular complexity index is 1350. The Morgan fingerprint density at radius 3 is 2.23 bits per heavy atom. The van der Waals surface area contributed by atoms with Crippen LogP contribution in [0.5, 0.6) is 5.75 Å². The minimum Gasteiger partial charge on any atom is -0.508 e. The minimum absolute atomic E-state index is 0.0251. The predicted molar refractivity (Wildman–Crippen MR) is 139 cm³/mol. The standard InChI is InChI=1S/C26H29N5O8/c27-18(10-15-12-28-19-4-2-1-3-17(15)19)24(36)29-13-22(33)30-20(9-14-5-7-16(32)8-6-14)25(37)31-21(26(38)39)11-23(34)35/h1-8,12,18,20-21,28,32H,9-11,13,27H2,(H,29,36)(H,30,33)(H,31,37)(H,34,35)(H,38,39). The minimum atomic E-state index is -1.73. The fourth-order valence-corrected chi connectivity index (χ4v) is 3.90. The number of amides is 3. The number of carboxylic acids is 2. The zero-order valence-electron chi connectivity index (χ0n) is 20.7. The molecule has 0 saturated carbocycles. The number of carboxylic acid groups (broad SMARTS) is 2. The Morgan fingerprint density at radius 2 is 1.56 bits per heavy atom. The fourth-order valence-electron chi connectivity index (χ4n) is 3.90. The Balaban J connectivity index is 1.62. The van der Waals surface area contributed by atoms with Crippen LogP contribution < -0.4 is 21.7 Å². The van der Waals surface area contributed by atoms with Gasteiger partial charge in [0.05, 0.1) is 19.0 Å². The molecule has 0 aliphatic heterocycles. The quantitative estimate of drug-likeness (QED) is 0.142. The number of phenols is 1. The molecule has 0 aliphatic rings. The molecule has 9 N–H and O–H groups in total. The second kappa shape index (κ2) is 13.1. The molecule has 0 fully saturated rings. The number of para-hydroxylation sites is 1. The summed E-state index contributed by atoms with van der Waals surface area (Å²) in [6.45, 7) is -0.517. The van der Waals surface area contributed by atoms with Crippen LogP contribution in [-0.4, -0.2) is 74.6 Å². The summed E-state index contributed by atoms with van der Waals surface area (Å²) in [4.78, 5) is 63.4. The molecule has 2 aromatic carbocycles. The predicted octanol–water partition coefficient (Wildman–Crippen LogP) is -0.369. The number of rotatable bonds is 13. The van der Waals surface area contributed by atoms with Crippen molar-refractivity contribution in [2.24, 2.45) is 5.73 Å². The normalized spacial score (nSPS) is 13.2. The number of aromatic amines is 1. The maximum atomic E-state index is 12.8.